The van der Waals surface area contributed by atoms with Crippen LogP contribution >= 0.6 is 12.9 Å². The minimum atomic E-state index is -2.74. The molecule has 7 heteroatoms. The topological polar surface area (TPSA) is 46.5 Å². The van der Waals surface area contributed by atoms with Crippen LogP contribution in [0.15, 0.2) is 78.9 Å². The van der Waals surface area contributed by atoms with Crippen molar-refractivity contribution in [2.24, 2.45) is 11.8 Å². The van der Waals surface area contributed by atoms with Gasteiger partial charge in [0.25, 0.3) is 0 Å². The standard InChI is InChI=1S/C30H27F3O3S/c31-25-12-8-22(9-13-25)21-6-10-24(11-7-21)29(26(34)36-37,23-4-2-1-3-5-23)30(35)27(32)15-19-14-20(17-27)18-28(30,33)16-19/h1-13,19-20,35,37H,14-18H2. The van der Waals surface area contributed by atoms with Gasteiger partial charge in [-0.05, 0) is 78.3 Å². The highest BCUT2D eigenvalue weighted by Gasteiger charge is 2.82. The normalized spacial score (nSPS) is 33.6. The molecule has 4 bridgehead atoms. The van der Waals surface area contributed by atoms with Gasteiger partial charge in [0, 0.05) is 12.9 Å². The molecule has 0 radical (unpaired) electrons. The minimum absolute atomic E-state index is 0.0201. The highest BCUT2D eigenvalue weighted by atomic mass is 32.1. The Balaban J connectivity index is 1.62. The summed E-state index contributed by atoms with van der Waals surface area (Å²) < 4.78 is 52.8. The van der Waals surface area contributed by atoms with E-state index in [0.717, 1.165) is 12.0 Å². The number of benzene rings is 3. The molecule has 1 N–H and O–H groups in total. The van der Waals surface area contributed by atoms with E-state index in [0.29, 0.717) is 5.56 Å². The van der Waals surface area contributed by atoms with Crippen LogP contribution in [0.4, 0.5) is 13.2 Å². The Morgan fingerprint density at radius 1 is 0.811 bits per heavy atom. The van der Waals surface area contributed by atoms with Gasteiger partial charge in [-0.2, -0.15) is 0 Å². The van der Waals surface area contributed by atoms with E-state index in [2.05, 4.69) is 12.9 Å². The average molecular weight is 525 g/mol. The van der Waals surface area contributed by atoms with Crippen molar-refractivity contribution in [3.63, 3.8) is 0 Å². The fraction of sp³-hybridized carbons (Fsp3) is 0.367. The summed E-state index contributed by atoms with van der Waals surface area (Å²) in [6, 6.07) is 20.7. The molecule has 4 aliphatic rings. The Labute approximate surface area is 219 Å². The molecule has 4 aliphatic carbocycles. The van der Waals surface area contributed by atoms with Crippen LogP contribution in [0.5, 0.6) is 0 Å². The van der Waals surface area contributed by atoms with Crippen LogP contribution in [0, 0.1) is 17.7 Å². The number of carbonyl (C=O) groups excluding carboxylic acids is 1. The summed E-state index contributed by atoms with van der Waals surface area (Å²) in [5, 5.41) is 12.6. The van der Waals surface area contributed by atoms with E-state index in [-0.39, 0.29) is 54.5 Å². The van der Waals surface area contributed by atoms with Crippen molar-refractivity contribution in [3.8, 4) is 11.1 Å². The third-order valence-corrected chi connectivity index (χ3v) is 9.21. The van der Waals surface area contributed by atoms with Crippen LogP contribution < -0.4 is 0 Å². The maximum atomic E-state index is 17.2. The molecule has 7 rings (SSSR count). The van der Waals surface area contributed by atoms with Gasteiger partial charge in [0.05, 0.1) is 0 Å². The third-order valence-electron chi connectivity index (χ3n) is 9.05. The van der Waals surface area contributed by atoms with E-state index >= 15 is 8.78 Å². The molecule has 0 aliphatic heterocycles. The van der Waals surface area contributed by atoms with Crippen LogP contribution in [-0.2, 0) is 14.4 Å². The van der Waals surface area contributed by atoms with Gasteiger partial charge < -0.3 is 9.29 Å². The molecule has 3 nitrogen and oxygen atoms in total. The molecular formula is C30H27F3O3S. The van der Waals surface area contributed by atoms with Gasteiger partial charge >= 0.3 is 5.97 Å². The lowest BCUT2D eigenvalue weighted by atomic mass is 9.39. The van der Waals surface area contributed by atoms with Gasteiger partial charge in [-0.3, -0.25) is 0 Å². The molecule has 0 spiro atoms. The first-order chi connectivity index (χ1) is 17.7. The monoisotopic (exact) mass is 524 g/mol. The van der Waals surface area contributed by atoms with Crippen molar-refractivity contribution in [2.75, 3.05) is 0 Å². The van der Waals surface area contributed by atoms with Crippen LogP contribution in [0.2, 0.25) is 0 Å². The summed E-state index contributed by atoms with van der Waals surface area (Å²) in [7, 11) is 0. The highest BCUT2D eigenvalue weighted by molar-refractivity contribution is 7.75. The summed E-state index contributed by atoms with van der Waals surface area (Å²) >= 11 is 3.80. The van der Waals surface area contributed by atoms with Gasteiger partial charge in [0.15, 0.2) is 11.0 Å². The van der Waals surface area contributed by atoms with Crippen LogP contribution in [0.3, 0.4) is 0 Å². The molecular weight excluding hydrogens is 497 g/mol. The molecule has 3 aromatic rings. The fourth-order valence-electron chi connectivity index (χ4n) is 7.89. The SMILES string of the molecule is O=C(OS)C(c1ccccc1)(c1ccc(-c2ccc(F)cc2)cc1)C1(O)C2(F)CC3CC(C2)CC1(F)C3. The number of rotatable bonds is 5. The molecule has 0 aromatic heterocycles. The van der Waals surface area contributed by atoms with Gasteiger partial charge in [-0.25, -0.2) is 18.0 Å². The molecule has 4 fully saturated rings. The molecule has 4 saturated carbocycles. The predicted molar refractivity (Wildman–Crippen MR) is 137 cm³/mol. The first-order valence-corrected chi connectivity index (χ1v) is 12.9. The van der Waals surface area contributed by atoms with Crippen molar-refractivity contribution in [1.82, 2.24) is 0 Å². The molecule has 0 amide bonds. The Kier molecular flexibility index (Phi) is 5.55. The molecule has 3 aromatic carbocycles. The van der Waals surface area contributed by atoms with Crippen molar-refractivity contribution in [3.05, 3.63) is 95.8 Å². The third kappa shape index (κ3) is 3.23. The molecule has 0 saturated heterocycles. The van der Waals surface area contributed by atoms with E-state index in [1.165, 1.54) is 12.1 Å². The number of thiol groups is 1. The second kappa shape index (κ2) is 8.37. The van der Waals surface area contributed by atoms with Crippen LogP contribution in [0.1, 0.15) is 43.2 Å². The number of hydrogen-bond acceptors (Lipinski definition) is 4. The Hall–Kier alpha value is -2.77. The molecule has 1 atom stereocenters. The summed E-state index contributed by atoms with van der Waals surface area (Å²) in [5.41, 5.74) is -7.79. The molecule has 0 heterocycles. The second-order valence-electron chi connectivity index (χ2n) is 11.0. The number of alkyl halides is 2. The quantitative estimate of drug-likeness (QED) is 0.294. The number of halogens is 3. The van der Waals surface area contributed by atoms with E-state index in [1.807, 2.05) is 0 Å². The second-order valence-corrected chi connectivity index (χ2v) is 11.2. The zero-order valence-electron chi connectivity index (χ0n) is 20.0. The Morgan fingerprint density at radius 3 is 1.76 bits per heavy atom. The van der Waals surface area contributed by atoms with Gasteiger partial charge in [-0.1, -0.05) is 66.7 Å². The van der Waals surface area contributed by atoms with E-state index in [4.69, 9.17) is 4.18 Å². The Bertz CT molecular complexity index is 1290. The predicted octanol–water partition coefficient (Wildman–Crippen LogP) is 6.54. The fourth-order valence-corrected chi connectivity index (χ4v) is 8.03. The molecule has 192 valence electrons. The lowest BCUT2D eigenvalue weighted by Gasteiger charge is -2.68. The molecule has 1 unspecified atom stereocenters. The summed E-state index contributed by atoms with van der Waals surface area (Å²) in [5.74, 6) is -1.79. The maximum Gasteiger partial charge on any atom is 0.336 e. The van der Waals surface area contributed by atoms with E-state index < -0.39 is 28.3 Å². The van der Waals surface area contributed by atoms with Crippen molar-refractivity contribution in [1.29, 1.82) is 0 Å². The Morgan fingerprint density at radius 2 is 1.27 bits per heavy atom. The first-order valence-electron chi connectivity index (χ1n) is 12.5. The van der Waals surface area contributed by atoms with Crippen LogP contribution in [0.25, 0.3) is 11.1 Å². The van der Waals surface area contributed by atoms with Gasteiger partial charge in [0.1, 0.15) is 17.2 Å². The van der Waals surface area contributed by atoms with Gasteiger partial charge in [0.2, 0.25) is 0 Å². The van der Waals surface area contributed by atoms with Crippen LogP contribution in [-0.4, -0.2) is 28.0 Å². The van der Waals surface area contributed by atoms with Crippen molar-refractivity contribution >= 4 is 18.9 Å². The summed E-state index contributed by atoms with van der Waals surface area (Å²) in [6.45, 7) is 0. The summed E-state index contributed by atoms with van der Waals surface area (Å²) in [6.07, 6.45) is 0.651. The van der Waals surface area contributed by atoms with Crippen molar-refractivity contribution < 1.29 is 27.3 Å². The maximum absolute atomic E-state index is 17.2. The smallest absolute Gasteiger partial charge is 0.336 e. The lowest BCUT2D eigenvalue weighted by molar-refractivity contribution is -0.302. The number of carbonyl (C=O) groups is 1. The first kappa shape index (κ1) is 24.6. The zero-order valence-corrected chi connectivity index (χ0v) is 20.9. The molecule has 37 heavy (non-hydrogen) atoms. The van der Waals surface area contributed by atoms with Gasteiger partial charge in [-0.15, -0.1) is 0 Å². The summed E-state index contributed by atoms with van der Waals surface area (Å²) in [4.78, 5) is 13.9. The van der Waals surface area contributed by atoms with Crippen molar-refractivity contribution in [2.45, 2.75) is 54.5 Å². The van der Waals surface area contributed by atoms with E-state index in [1.54, 1.807) is 66.7 Å². The highest BCUT2D eigenvalue weighted by Crippen LogP contribution is 2.70. The average Bonchev–Trinajstić information content (AvgIpc) is 2.88. The van der Waals surface area contributed by atoms with E-state index in [9.17, 15) is 14.3 Å². The zero-order chi connectivity index (χ0) is 26.1. The number of aliphatic hydroxyl groups is 1. The largest absolute Gasteiger partial charge is 0.394 e. The lowest BCUT2D eigenvalue weighted by Crippen LogP contribution is -2.82. The number of hydrogen-bond donors (Lipinski definition) is 2. The minimum Gasteiger partial charge on any atom is -0.394 e.